The Morgan fingerprint density at radius 3 is 2.41 bits per heavy atom. The van der Waals surface area contributed by atoms with Crippen LogP contribution in [0.25, 0.3) is 6.08 Å². The number of hydrogen-bond donors (Lipinski definition) is 6. The molecule has 8 nitrogen and oxygen atoms in total. The van der Waals surface area contributed by atoms with Crippen LogP contribution in [-0.2, 0) is 16.0 Å². The fourth-order valence-electron chi connectivity index (χ4n) is 2.56. The minimum Gasteiger partial charge on any atom is -0.508 e. The van der Waals surface area contributed by atoms with Gasteiger partial charge in [-0.2, -0.15) is 0 Å². The van der Waals surface area contributed by atoms with E-state index in [1.165, 1.54) is 24.3 Å². The van der Waals surface area contributed by atoms with Crippen molar-refractivity contribution in [1.29, 1.82) is 0 Å². The van der Waals surface area contributed by atoms with Gasteiger partial charge in [-0.05, 0) is 54.3 Å². The van der Waals surface area contributed by atoms with E-state index in [0.29, 0.717) is 18.5 Å². The van der Waals surface area contributed by atoms with Crippen molar-refractivity contribution in [2.45, 2.75) is 19.4 Å². The summed E-state index contributed by atoms with van der Waals surface area (Å²) < 4.78 is 0. The third-order valence-corrected chi connectivity index (χ3v) is 4.22. The lowest BCUT2D eigenvalue weighted by molar-refractivity contribution is -0.128. The van der Waals surface area contributed by atoms with Crippen LogP contribution in [0.4, 0.5) is 0 Å². The number of nitrogens with one attached hydrogen (secondary N) is 2. The van der Waals surface area contributed by atoms with E-state index in [1.807, 2.05) is 6.07 Å². The third kappa shape index (κ3) is 6.54. The summed E-state index contributed by atoms with van der Waals surface area (Å²) in [5.74, 6) is -1.50. The van der Waals surface area contributed by atoms with Crippen LogP contribution < -0.4 is 10.6 Å². The molecular weight excluding hydrogens is 376 g/mol. The first-order valence-electron chi connectivity index (χ1n) is 8.97. The zero-order valence-electron chi connectivity index (χ0n) is 15.9. The fraction of sp³-hybridized carbons (Fsp3) is 0.238. The summed E-state index contributed by atoms with van der Waals surface area (Å²) in [6.45, 7) is 1.52. The van der Waals surface area contributed by atoms with Crippen molar-refractivity contribution in [1.82, 2.24) is 10.6 Å². The molecule has 0 bridgehead atoms. The zero-order valence-corrected chi connectivity index (χ0v) is 15.9. The van der Waals surface area contributed by atoms with E-state index >= 15 is 0 Å². The fourth-order valence-corrected chi connectivity index (χ4v) is 2.56. The van der Waals surface area contributed by atoms with Crippen LogP contribution in [0, 0.1) is 6.92 Å². The van der Waals surface area contributed by atoms with Gasteiger partial charge in [-0.15, -0.1) is 0 Å². The molecule has 0 radical (unpaired) electrons. The molecule has 2 amide bonds. The Balaban J connectivity index is 1.84. The molecule has 0 saturated carbocycles. The van der Waals surface area contributed by atoms with Crippen LogP contribution >= 0.6 is 0 Å². The van der Waals surface area contributed by atoms with Crippen LogP contribution in [0.5, 0.6) is 17.2 Å². The Morgan fingerprint density at radius 1 is 1.03 bits per heavy atom. The number of aliphatic hydroxyl groups excluding tert-OH is 1. The standard InChI is InChI=1S/C21H24N2O6/c1-13-10-15(2-5-17(13)25)8-9-22-21(29)16(12-24)23-20(28)7-4-14-3-6-18(26)19(27)11-14/h2-7,10-11,16,24-27H,8-9,12H2,1H3,(H,22,29)(H,23,28)/b7-4+. The number of carbonyl (C=O) groups excluding carboxylic acids is 2. The van der Waals surface area contributed by atoms with Crippen molar-refractivity contribution in [3.05, 3.63) is 59.2 Å². The maximum atomic E-state index is 12.2. The van der Waals surface area contributed by atoms with E-state index in [0.717, 1.165) is 17.2 Å². The number of aliphatic hydroxyl groups is 1. The van der Waals surface area contributed by atoms with Crippen LogP contribution in [0.15, 0.2) is 42.5 Å². The zero-order chi connectivity index (χ0) is 21.4. The van der Waals surface area contributed by atoms with Gasteiger partial charge in [0, 0.05) is 12.6 Å². The number of rotatable bonds is 8. The summed E-state index contributed by atoms with van der Waals surface area (Å²) in [5.41, 5.74) is 2.15. The van der Waals surface area contributed by atoms with Gasteiger partial charge in [0.1, 0.15) is 11.8 Å². The van der Waals surface area contributed by atoms with Gasteiger partial charge in [0.25, 0.3) is 0 Å². The van der Waals surface area contributed by atoms with Crippen LogP contribution in [0.1, 0.15) is 16.7 Å². The number of aromatic hydroxyl groups is 3. The van der Waals surface area contributed by atoms with Crippen LogP contribution in [0.3, 0.4) is 0 Å². The molecule has 1 atom stereocenters. The van der Waals surface area contributed by atoms with E-state index in [4.69, 9.17) is 0 Å². The summed E-state index contributed by atoms with van der Waals surface area (Å²) >= 11 is 0. The smallest absolute Gasteiger partial charge is 0.244 e. The Morgan fingerprint density at radius 2 is 1.76 bits per heavy atom. The van der Waals surface area contributed by atoms with Gasteiger partial charge in [0.2, 0.25) is 11.8 Å². The maximum Gasteiger partial charge on any atom is 0.244 e. The van der Waals surface area contributed by atoms with Crippen LogP contribution in [0.2, 0.25) is 0 Å². The predicted molar refractivity (Wildman–Crippen MR) is 107 cm³/mol. The Hall–Kier alpha value is -3.52. The first kappa shape index (κ1) is 21.8. The third-order valence-electron chi connectivity index (χ3n) is 4.22. The van der Waals surface area contributed by atoms with E-state index < -0.39 is 24.5 Å². The number of phenols is 3. The lowest BCUT2D eigenvalue weighted by Gasteiger charge is -2.15. The van der Waals surface area contributed by atoms with E-state index in [-0.39, 0.29) is 17.2 Å². The molecule has 0 fully saturated rings. The highest BCUT2D eigenvalue weighted by molar-refractivity contribution is 5.95. The quantitative estimate of drug-likeness (QED) is 0.288. The molecular formula is C21H24N2O6. The van der Waals surface area contributed by atoms with Gasteiger partial charge in [-0.3, -0.25) is 9.59 Å². The van der Waals surface area contributed by atoms with Crippen molar-refractivity contribution in [2.75, 3.05) is 13.2 Å². The Kier molecular flexibility index (Phi) is 7.62. The first-order chi connectivity index (χ1) is 13.8. The summed E-state index contributed by atoms with van der Waals surface area (Å²) in [7, 11) is 0. The monoisotopic (exact) mass is 400 g/mol. The number of phenolic OH excluding ortho intramolecular Hbond substituents is 3. The summed E-state index contributed by atoms with van der Waals surface area (Å²) in [4.78, 5) is 24.1. The highest BCUT2D eigenvalue weighted by atomic mass is 16.3. The lowest BCUT2D eigenvalue weighted by Crippen LogP contribution is -2.48. The maximum absolute atomic E-state index is 12.2. The Bertz CT molecular complexity index is 910. The molecule has 2 aromatic rings. The number of carbonyl (C=O) groups is 2. The summed E-state index contributed by atoms with van der Waals surface area (Å²) in [5, 5.41) is 42.7. The molecule has 2 rings (SSSR count). The van der Waals surface area contributed by atoms with E-state index in [2.05, 4.69) is 10.6 Å². The summed E-state index contributed by atoms with van der Waals surface area (Å²) in [6, 6.07) is 8.11. The van der Waals surface area contributed by atoms with Gasteiger partial charge >= 0.3 is 0 Å². The van der Waals surface area contributed by atoms with Crippen molar-refractivity contribution in [2.24, 2.45) is 0 Å². The van der Waals surface area contributed by atoms with Crippen LogP contribution in [-0.4, -0.2) is 51.4 Å². The average molecular weight is 400 g/mol. The molecule has 0 aromatic heterocycles. The second-order valence-electron chi connectivity index (χ2n) is 6.49. The molecule has 0 saturated heterocycles. The number of amides is 2. The summed E-state index contributed by atoms with van der Waals surface area (Å²) in [6.07, 6.45) is 3.08. The molecule has 1 unspecified atom stereocenters. The van der Waals surface area contributed by atoms with Gasteiger partial charge in [0.15, 0.2) is 11.5 Å². The normalized spacial score (nSPS) is 11.9. The minimum absolute atomic E-state index is 0.205. The van der Waals surface area contributed by atoms with Crippen molar-refractivity contribution >= 4 is 17.9 Å². The van der Waals surface area contributed by atoms with Crippen molar-refractivity contribution in [3.8, 4) is 17.2 Å². The molecule has 29 heavy (non-hydrogen) atoms. The van der Waals surface area contributed by atoms with Crippen molar-refractivity contribution < 1.29 is 30.0 Å². The number of aryl methyl sites for hydroxylation is 1. The molecule has 154 valence electrons. The van der Waals surface area contributed by atoms with Gasteiger partial charge < -0.3 is 31.1 Å². The lowest BCUT2D eigenvalue weighted by atomic mass is 10.1. The second kappa shape index (κ2) is 10.1. The molecule has 0 aliphatic heterocycles. The number of benzene rings is 2. The molecule has 0 spiro atoms. The van der Waals surface area contributed by atoms with E-state index in [1.54, 1.807) is 19.1 Å². The Labute approximate surface area is 168 Å². The largest absolute Gasteiger partial charge is 0.508 e. The van der Waals surface area contributed by atoms with Gasteiger partial charge in [-0.25, -0.2) is 0 Å². The minimum atomic E-state index is -1.11. The molecule has 0 aliphatic carbocycles. The van der Waals surface area contributed by atoms with Gasteiger partial charge in [-0.1, -0.05) is 18.2 Å². The molecule has 6 N–H and O–H groups in total. The van der Waals surface area contributed by atoms with Gasteiger partial charge in [0.05, 0.1) is 6.61 Å². The molecule has 2 aromatic carbocycles. The molecule has 8 heteroatoms. The topological polar surface area (TPSA) is 139 Å². The van der Waals surface area contributed by atoms with E-state index in [9.17, 15) is 30.0 Å². The highest BCUT2D eigenvalue weighted by Crippen LogP contribution is 2.25. The second-order valence-corrected chi connectivity index (χ2v) is 6.49. The molecule has 0 heterocycles. The average Bonchev–Trinajstić information content (AvgIpc) is 2.69. The number of hydrogen-bond acceptors (Lipinski definition) is 6. The first-order valence-corrected chi connectivity index (χ1v) is 8.97. The predicted octanol–water partition coefficient (Wildman–Crippen LogP) is 0.961. The SMILES string of the molecule is Cc1cc(CCNC(=O)C(CO)NC(=O)/C=C/c2ccc(O)c(O)c2)ccc1O. The molecule has 0 aliphatic rings. The highest BCUT2D eigenvalue weighted by Gasteiger charge is 2.18. The van der Waals surface area contributed by atoms with Crippen molar-refractivity contribution in [3.63, 3.8) is 0 Å².